The first kappa shape index (κ1) is 13.0. The van der Waals surface area contributed by atoms with Crippen molar-refractivity contribution in [3.63, 3.8) is 0 Å². The fraction of sp³-hybridized carbons (Fsp3) is 0.133. The largest absolute Gasteiger partial charge is 0.454 e. The van der Waals surface area contributed by atoms with Crippen LogP contribution in [0.2, 0.25) is 0 Å². The minimum atomic E-state index is -0.146. The molecule has 0 fully saturated rings. The summed E-state index contributed by atoms with van der Waals surface area (Å²) in [6, 6.07) is 10.9. The van der Waals surface area contributed by atoms with Gasteiger partial charge in [-0.25, -0.2) is 0 Å². The van der Waals surface area contributed by atoms with Gasteiger partial charge in [0.1, 0.15) is 11.0 Å². The number of benzene rings is 2. The molecule has 22 heavy (non-hydrogen) atoms. The average Bonchev–Trinajstić information content (AvgIpc) is 3.19. The first-order valence-corrected chi connectivity index (χ1v) is 7.42. The van der Waals surface area contributed by atoms with Crippen molar-refractivity contribution in [2.24, 2.45) is 0 Å². The van der Waals surface area contributed by atoms with Crippen LogP contribution >= 0.6 is 11.7 Å². The van der Waals surface area contributed by atoms with E-state index in [1.807, 2.05) is 18.2 Å². The molecular formula is C15H11N3O3S. The van der Waals surface area contributed by atoms with E-state index in [9.17, 15) is 4.79 Å². The molecule has 3 aromatic rings. The van der Waals surface area contributed by atoms with Crippen molar-refractivity contribution in [3.8, 4) is 11.5 Å². The Morgan fingerprint density at radius 1 is 1.09 bits per heavy atom. The smallest absolute Gasteiger partial charge is 0.251 e. The number of fused-ring (bicyclic) bond motifs is 2. The van der Waals surface area contributed by atoms with Crippen LogP contribution in [0.3, 0.4) is 0 Å². The first-order valence-electron chi connectivity index (χ1n) is 6.69. The molecule has 1 amide bonds. The number of carbonyl (C=O) groups is 1. The molecule has 0 aliphatic carbocycles. The normalized spacial score (nSPS) is 12.5. The minimum Gasteiger partial charge on any atom is -0.454 e. The molecule has 0 atom stereocenters. The summed E-state index contributed by atoms with van der Waals surface area (Å²) in [7, 11) is 0. The van der Waals surface area contributed by atoms with Gasteiger partial charge in [0.25, 0.3) is 5.91 Å². The van der Waals surface area contributed by atoms with Gasteiger partial charge in [-0.2, -0.15) is 8.75 Å². The second-order valence-electron chi connectivity index (χ2n) is 4.84. The van der Waals surface area contributed by atoms with Crippen LogP contribution in [0.25, 0.3) is 11.0 Å². The third-order valence-corrected chi connectivity index (χ3v) is 3.96. The maximum atomic E-state index is 12.2. The topological polar surface area (TPSA) is 73.3 Å². The van der Waals surface area contributed by atoms with Crippen LogP contribution in [0.15, 0.2) is 36.4 Å². The average molecular weight is 313 g/mol. The van der Waals surface area contributed by atoms with Crippen molar-refractivity contribution in [1.29, 1.82) is 0 Å². The fourth-order valence-electron chi connectivity index (χ4n) is 2.26. The molecule has 0 radical (unpaired) electrons. The number of amides is 1. The zero-order valence-electron chi connectivity index (χ0n) is 11.4. The molecule has 1 aliphatic rings. The lowest BCUT2D eigenvalue weighted by Gasteiger charge is -2.06. The number of nitrogens with one attached hydrogen (secondary N) is 1. The number of hydrogen-bond donors (Lipinski definition) is 1. The standard InChI is InChI=1S/C15H11N3O3S/c19-15(10-2-3-11-12(6-10)18-22-17-11)16-7-9-1-4-13-14(5-9)21-8-20-13/h1-6H,7-8H2,(H,16,19). The SMILES string of the molecule is O=C(NCc1ccc2c(c1)OCO2)c1ccc2nsnc2c1. The third-order valence-electron chi connectivity index (χ3n) is 3.41. The van der Waals surface area contributed by atoms with Gasteiger partial charge in [0, 0.05) is 12.1 Å². The van der Waals surface area contributed by atoms with Crippen LogP contribution in [-0.4, -0.2) is 21.4 Å². The van der Waals surface area contributed by atoms with Crippen LogP contribution in [0, 0.1) is 0 Å². The van der Waals surface area contributed by atoms with Crippen molar-refractivity contribution in [3.05, 3.63) is 47.5 Å². The summed E-state index contributed by atoms with van der Waals surface area (Å²) in [5.74, 6) is 1.30. The van der Waals surface area contributed by atoms with Crippen molar-refractivity contribution in [1.82, 2.24) is 14.1 Å². The summed E-state index contributed by atoms with van der Waals surface area (Å²) in [6.45, 7) is 0.662. The lowest BCUT2D eigenvalue weighted by molar-refractivity contribution is 0.0951. The van der Waals surface area contributed by atoms with E-state index >= 15 is 0 Å². The number of ether oxygens (including phenoxy) is 2. The van der Waals surface area contributed by atoms with Crippen LogP contribution in [0.5, 0.6) is 11.5 Å². The van der Waals surface area contributed by atoms with Crippen LogP contribution in [-0.2, 0) is 6.54 Å². The maximum Gasteiger partial charge on any atom is 0.251 e. The van der Waals surface area contributed by atoms with Crippen LogP contribution < -0.4 is 14.8 Å². The maximum absolute atomic E-state index is 12.2. The molecule has 0 saturated carbocycles. The Morgan fingerprint density at radius 2 is 1.95 bits per heavy atom. The number of rotatable bonds is 3. The molecule has 1 aliphatic heterocycles. The van der Waals surface area contributed by atoms with Crippen molar-refractivity contribution < 1.29 is 14.3 Å². The van der Waals surface area contributed by atoms with Gasteiger partial charge < -0.3 is 14.8 Å². The highest BCUT2D eigenvalue weighted by atomic mass is 32.1. The van der Waals surface area contributed by atoms with E-state index in [4.69, 9.17) is 9.47 Å². The van der Waals surface area contributed by atoms with Gasteiger partial charge in [-0.15, -0.1) is 0 Å². The summed E-state index contributed by atoms with van der Waals surface area (Å²) in [5.41, 5.74) is 3.06. The Bertz CT molecular complexity index is 862. The number of aromatic nitrogens is 2. The first-order chi connectivity index (χ1) is 10.8. The molecule has 7 heteroatoms. The number of nitrogens with zero attached hydrogens (tertiary/aromatic N) is 2. The van der Waals surface area contributed by atoms with Gasteiger partial charge in [0.15, 0.2) is 11.5 Å². The van der Waals surface area contributed by atoms with Gasteiger partial charge in [0.2, 0.25) is 6.79 Å². The van der Waals surface area contributed by atoms with Gasteiger partial charge in [-0.05, 0) is 35.9 Å². The highest BCUT2D eigenvalue weighted by molar-refractivity contribution is 7.00. The summed E-state index contributed by atoms with van der Waals surface area (Å²) >= 11 is 1.14. The zero-order valence-corrected chi connectivity index (χ0v) is 12.2. The number of carbonyl (C=O) groups excluding carboxylic acids is 1. The Morgan fingerprint density at radius 3 is 2.91 bits per heavy atom. The molecule has 0 bridgehead atoms. The minimum absolute atomic E-state index is 0.146. The molecule has 1 aromatic heterocycles. The quantitative estimate of drug-likeness (QED) is 0.803. The number of hydrogen-bond acceptors (Lipinski definition) is 6. The Hall–Kier alpha value is -2.67. The summed E-state index contributed by atoms with van der Waals surface area (Å²) in [6.07, 6.45) is 0. The molecule has 0 unspecified atom stereocenters. The van der Waals surface area contributed by atoms with E-state index in [0.29, 0.717) is 17.9 Å². The third kappa shape index (κ3) is 2.35. The van der Waals surface area contributed by atoms with E-state index < -0.39 is 0 Å². The van der Waals surface area contributed by atoms with Gasteiger partial charge in [-0.3, -0.25) is 4.79 Å². The molecule has 6 nitrogen and oxygen atoms in total. The van der Waals surface area contributed by atoms with Crippen molar-refractivity contribution in [2.45, 2.75) is 6.54 Å². The Balaban J connectivity index is 1.47. The monoisotopic (exact) mass is 313 g/mol. The van der Waals surface area contributed by atoms with Gasteiger partial charge in [0.05, 0.1) is 11.7 Å². The van der Waals surface area contributed by atoms with E-state index in [-0.39, 0.29) is 12.7 Å². The van der Waals surface area contributed by atoms with E-state index in [1.54, 1.807) is 18.2 Å². The summed E-state index contributed by atoms with van der Waals surface area (Å²) in [5, 5.41) is 2.88. The molecule has 0 spiro atoms. The van der Waals surface area contributed by atoms with Gasteiger partial charge in [-0.1, -0.05) is 6.07 Å². The molecule has 2 aromatic carbocycles. The van der Waals surface area contributed by atoms with E-state index in [1.165, 1.54) is 0 Å². The summed E-state index contributed by atoms with van der Waals surface area (Å²) < 4.78 is 18.8. The second-order valence-corrected chi connectivity index (χ2v) is 5.37. The van der Waals surface area contributed by atoms with Gasteiger partial charge >= 0.3 is 0 Å². The highest BCUT2D eigenvalue weighted by Crippen LogP contribution is 2.32. The second kappa shape index (κ2) is 5.27. The Labute approximate surface area is 130 Å². The fourth-order valence-corrected chi connectivity index (χ4v) is 2.78. The van der Waals surface area contributed by atoms with Crippen molar-refractivity contribution >= 4 is 28.7 Å². The lowest BCUT2D eigenvalue weighted by atomic mass is 10.1. The van der Waals surface area contributed by atoms with Crippen LogP contribution in [0.1, 0.15) is 15.9 Å². The molecule has 0 saturated heterocycles. The van der Waals surface area contributed by atoms with E-state index in [2.05, 4.69) is 14.1 Å². The Kier molecular flexibility index (Phi) is 3.12. The molecular weight excluding hydrogens is 302 g/mol. The van der Waals surface area contributed by atoms with Crippen LogP contribution in [0.4, 0.5) is 0 Å². The molecule has 2 heterocycles. The molecule has 4 rings (SSSR count). The van der Waals surface area contributed by atoms with E-state index in [0.717, 1.165) is 34.1 Å². The predicted octanol–water partition coefficient (Wildman–Crippen LogP) is 2.35. The van der Waals surface area contributed by atoms with Crippen molar-refractivity contribution in [2.75, 3.05) is 6.79 Å². The predicted molar refractivity (Wildman–Crippen MR) is 81.2 cm³/mol. The lowest BCUT2D eigenvalue weighted by Crippen LogP contribution is -2.22. The molecule has 110 valence electrons. The summed E-state index contributed by atoms with van der Waals surface area (Å²) in [4.78, 5) is 12.2. The molecule has 1 N–H and O–H groups in total. The highest BCUT2D eigenvalue weighted by Gasteiger charge is 2.14. The zero-order chi connectivity index (χ0) is 14.9.